The van der Waals surface area contributed by atoms with Crippen molar-refractivity contribution in [2.75, 3.05) is 55.0 Å². The van der Waals surface area contributed by atoms with Gasteiger partial charge in [0.1, 0.15) is 11.6 Å². The molecule has 9 heteroatoms. The topological polar surface area (TPSA) is 79.8 Å². The number of fused-ring (bicyclic) bond motifs is 1. The van der Waals surface area contributed by atoms with E-state index in [-0.39, 0.29) is 5.56 Å². The average molecular weight is 512 g/mol. The van der Waals surface area contributed by atoms with Gasteiger partial charge in [-0.1, -0.05) is 30.2 Å². The van der Waals surface area contributed by atoms with Crippen LogP contribution in [-0.2, 0) is 4.74 Å². The number of morpholine rings is 1. The summed E-state index contributed by atoms with van der Waals surface area (Å²) in [5.41, 5.74) is 1.47. The molecule has 0 radical (unpaired) electrons. The van der Waals surface area contributed by atoms with Crippen LogP contribution < -0.4 is 19.9 Å². The standard InChI is InChI=1S/C29H26FN5O3/c1-3-12-34(2)29-31-11-10-27(33-29)38-26-9-8-25(23-6-4-5-7-24(23)26)32-28(36)20-17-21(30)19-22(18-20)35-13-15-37-16-14-35/h1,4-11,17-19H,12-16H2,2H3,(H,32,36). The largest absolute Gasteiger partial charge is 0.438 e. The van der Waals surface area contributed by atoms with E-state index in [1.54, 1.807) is 42.4 Å². The lowest BCUT2D eigenvalue weighted by molar-refractivity contribution is 0.102. The van der Waals surface area contributed by atoms with Crippen molar-refractivity contribution in [1.82, 2.24) is 9.97 Å². The van der Waals surface area contributed by atoms with Crippen molar-refractivity contribution in [3.05, 3.63) is 78.2 Å². The van der Waals surface area contributed by atoms with E-state index in [1.165, 1.54) is 12.1 Å². The molecule has 0 unspecified atom stereocenters. The number of nitrogens with one attached hydrogen (secondary N) is 1. The zero-order valence-electron chi connectivity index (χ0n) is 20.9. The molecule has 0 spiro atoms. The zero-order chi connectivity index (χ0) is 26.5. The van der Waals surface area contributed by atoms with Crippen molar-refractivity contribution in [3.8, 4) is 24.0 Å². The SMILES string of the molecule is C#CCN(C)c1nccc(Oc2ccc(NC(=O)c3cc(F)cc(N4CCOCC4)c3)c3ccccc23)n1. The van der Waals surface area contributed by atoms with Gasteiger partial charge in [0.05, 0.1) is 19.8 Å². The molecule has 1 N–H and O–H groups in total. The number of ether oxygens (including phenoxy) is 2. The predicted molar refractivity (Wildman–Crippen MR) is 146 cm³/mol. The molecule has 8 nitrogen and oxygen atoms in total. The summed E-state index contributed by atoms with van der Waals surface area (Å²) in [4.78, 5) is 25.6. The number of anilines is 3. The molecule has 1 aromatic heterocycles. The number of carbonyl (C=O) groups is 1. The molecule has 1 aliphatic rings. The average Bonchev–Trinajstić information content (AvgIpc) is 2.95. The highest BCUT2D eigenvalue weighted by atomic mass is 19.1. The van der Waals surface area contributed by atoms with Crippen LogP contribution in [0.15, 0.2) is 66.9 Å². The fourth-order valence-electron chi connectivity index (χ4n) is 4.27. The van der Waals surface area contributed by atoms with Gasteiger partial charge < -0.3 is 24.6 Å². The van der Waals surface area contributed by atoms with E-state index in [1.807, 2.05) is 29.2 Å². The van der Waals surface area contributed by atoms with Crippen LogP contribution in [-0.4, -0.2) is 55.8 Å². The molecule has 192 valence electrons. The number of halogens is 1. The first-order valence-corrected chi connectivity index (χ1v) is 12.1. The molecule has 2 heterocycles. The number of rotatable bonds is 7. The first-order chi connectivity index (χ1) is 18.5. The van der Waals surface area contributed by atoms with E-state index in [0.29, 0.717) is 61.8 Å². The lowest BCUT2D eigenvalue weighted by Crippen LogP contribution is -2.36. The van der Waals surface area contributed by atoms with Crippen LogP contribution in [0, 0.1) is 18.2 Å². The monoisotopic (exact) mass is 511 g/mol. The maximum atomic E-state index is 14.4. The fourth-order valence-corrected chi connectivity index (χ4v) is 4.27. The van der Waals surface area contributed by atoms with Gasteiger partial charge in [-0.05, 0) is 30.3 Å². The second kappa shape index (κ2) is 11.2. The van der Waals surface area contributed by atoms with Crippen LogP contribution >= 0.6 is 0 Å². The number of benzene rings is 3. The summed E-state index contributed by atoms with van der Waals surface area (Å²) in [6, 6.07) is 17.1. The molecule has 4 aromatic rings. The van der Waals surface area contributed by atoms with E-state index < -0.39 is 11.7 Å². The summed E-state index contributed by atoms with van der Waals surface area (Å²) in [7, 11) is 1.80. The van der Waals surface area contributed by atoms with Crippen LogP contribution in [0.3, 0.4) is 0 Å². The van der Waals surface area contributed by atoms with Crippen molar-refractivity contribution in [2.24, 2.45) is 0 Å². The molecule has 5 rings (SSSR count). The molecule has 0 bridgehead atoms. The van der Waals surface area contributed by atoms with E-state index in [0.717, 1.165) is 10.8 Å². The van der Waals surface area contributed by atoms with E-state index >= 15 is 0 Å². The maximum absolute atomic E-state index is 14.4. The van der Waals surface area contributed by atoms with Gasteiger partial charge in [-0.25, -0.2) is 9.37 Å². The predicted octanol–water partition coefficient (Wildman–Crippen LogP) is 4.72. The zero-order valence-corrected chi connectivity index (χ0v) is 20.9. The molecule has 0 aliphatic carbocycles. The number of amides is 1. The second-order valence-electron chi connectivity index (χ2n) is 8.77. The van der Waals surface area contributed by atoms with Gasteiger partial charge in [0.25, 0.3) is 5.91 Å². The van der Waals surface area contributed by atoms with Gasteiger partial charge in [-0.3, -0.25) is 4.79 Å². The molecule has 3 aromatic carbocycles. The van der Waals surface area contributed by atoms with E-state index in [2.05, 4.69) is 21.2 Å². The highest BCUT2D eigenvalue weighted by Gasteiger charge is 2.17. The Kier molecular flexibility index (Phi) is 7.33. The second-order valence-corrected chi connectivity index (χ2v) is 8.77. The summed E-state index contributed by atoms with van der Waals surface area (Å²) >= 11 is 0. The first kappa shape index (κ1) is 25.0. The minimum Gasteiger partial charge on any atom is -0.438 e. The van der Waals surface area contributed by atoms with Crippen LogP contribution in [0.25, 0.3) is 10.8 Å². The Balaban J connectivity index is 1.40. The third kappa shape index (κ3) is 5.51. The van der Waals surface area contributed by atoms with E-state index in [9.17, 15) is 9.18 Å². The number of hydrogen-bond acceptors (Lipinski definition) is 7. The maximum Gasteiger partial charge on any atom is 0.255 e. The van der Waals surface area contributed by atoms with Gasteiger partial charge in [0.15, 0.2) is 0 Å². The highest BCUT2D eigenvalue weighted by Crippen LogP contribution is 2.34. The molecule has 1 saturated heterocycles. The number of hydrogen-bond donors (Lipinski definition) is 1. The summed E-state index contributed by atoms with van der Waals surface area (Å²) in [6.45, 7) is 2.78. The molecule has 1 aliphatic heterocycles. The van der Waals surface area contributed by atoms with Crippen LogP contribution in [0.1, 0.15) is 10.4 Å². The Labute approximate surface area is 220 Å². The Hall–Kier alpha value is -4.68. The number of carbonyl (C=O) groups excluding carboxylic acids is 1. The van der Waals surface area contributed by atoms with Crippen molar-refractivity contribution in [3.63, 3.8) is 0 Å². The number of aromatic nitrogens is 2. The normalized spacial score (nSPS) is 13.1. The van der Waals surface area contributed by atoms with Crippen LogP contribution in [0.2, 0.25) is 0 Å². The quantitative estimate of drug-likeness (QED) is 0.360. The molecule has 38 heavy (non-hydrogen) atoms. The summed E-state index contributed by atoms with van der Waals surface area (Å²) < 4.78 is 25.9. The van der Waals surface area contributed by atoms with Crippen LogP contribution in [0.5, 0.6) is 11.6 Å². The smallest absolute Gasteiger partial charge is 0.255 e. The lowest BCUT2D eigenvalue weighted by atomic mass is 10.1. The minimum absolute atomic E-state index is 0.237. The van der Waals surface area contributed by atoms with Crippen molar-refractivity contribution in [1.29, 1.82) is 0 Å². The third-order valence-electron chi connectivity index (χ3n) is 6.15. The molecule has 1 amide bonds. The Bertz CT molecular complexity index is 1510. The number of terminal acetylenes is 1. The Morgan fingerprint density at radius 2 is 1.95 bits per heavy atom. The molecule has 0 saturated carbocycles. The van der Waals surface area contributed by atoms with Crippen molar-refractivity contribution < 1.29 is 18.7 Å². The van der Waals surface area contributed by atoms with Crippen LogP contribution in [0.4, 0.5) is 21.7 Å². The summed E-state index contributed by atoms with van der Waals surface area (Å²) in [5.74, 6) is 3.04. The highest BCUT2D eigenvalue weighted by molar-refractivity contribution is 6.10. The lowest BCUT2D eigenvalue weighted by Gasteiger charge is -2.29. The number of nitrogens with zero attached hydrogens (tertiary/aromatic N) is 4. The van der Waals surface area contributed by atoms with Gasteiger partial charge in [-0.2, -0.15) is 4.98 Å². The molecular formula is C29H26FN5O3. The summed E-state index contributed by atoms with van der Waals surface area (Å²) in [5, 5.41) is 4.47. The Morgan fingerprint density at radius 3 is 2.74 bits per heavy atom. The molecule has 0 atom stereocenters. The van der Waals surface area contributed by atoms with Crippen molar-refractivity contribution in [2.45, 2.75) is 0 Å². The van der Waals surface area contributed by atoms with E-state index in [4.69, 9.17) is 15.9 Å². The Morgan fingerprint density at radius 1 is 1.16 bits per heavy atom. The molecular weight excluding hydrogens is 485 g/mol. The fraction of sp³-hybridized carbons (Fsp3) is 0.207. The summed E-state index contributed by atoms with van der Waals surface area (Å²) in [6.07, 6.45) is 6.99. The van der Waals surface area contributed by atoms with Crippen molar-refractivity contribution >= 4 is 34.0 Å². The van der Waals surface area contributed by atoms with Gasteiger partial charge in [-0.15, -0.1) is 6.42 Å². The first-order valence-electron chi connectivity index (χ1n) is 12.1. The van der Waals surface area contributed by atoms with Gasteiger partial charge >= 0.3 is 0 Å². The van der Waals surface area contributed by atoms with Gasteiger partial charge in [0, 0.05) is 60.1 Å². The third-order valence-corrected chi connectivity index (χ3v) is 6.15. The molecule has 1 fully saturated rings. The minimum atomic E-state index is -0.468. The van der Waals surface area contributed by atoms with Gasteiger partial charge in [0.2, 0.25) is 11.8 Å².